The van der Waals surface area contributed by atoms with Crippen LogP contribution in [0.5, 0.6) is 0 Å². The van der Waals surface area contributed by atoms with E-state index in [1.165, 1.54) is 88.2 Å². The molecule has 2 heterocycles. The average molecular weight is 875 g/mol. The number of rotatable bonds is 14. The molecule has 4 saturated carbocycles. The van der Waals surface area contributed by atoms with Crippen molar-refractivity contribution >= 4 is 0 Å². The van der Waals surface area contributed by atoms with Gasteiger partial charge in [-0.1, -0.05) is 97.8 Å². The predicted octanol–water partition coefficient (Wildman–Crippen LogP) is 11.8. The second-order valence-electron chi connectivity index (χ2n) is 23.9. The van der Waals surface area contributed by atoms with Crippen LogP contribution in [0.15, 0.2) is 84.0 Å². The van der Waals surface area contributed by atoms with Crippen molar-refractivity contribution in [3.05, 3.63) is 95.1 Å². The van der Waals surface area contributed by atoms with E-state index in [-0.39, 0.29) is 10.8 Å². The molecule has 0 amide bonds. The molecule has 8 aliphatic rings. The molecule has 4 N–H and O–H groups in total. The van der Waals surface area contributed by atoms with Gasteiger partial charge in [0, 0.05) is 42.5 Å². The Morgan fingerprint density at radius 2 is 1.19 bits per heavy atom. The van der Waals surface area contributed by atoms with Gasteiger partial charge in [-0.15, -0.1) is 0 Å². The molecule has 12 atom stereocenters. The molecule has 0 spiro atoms. The number of allylic oxidation sites excluding steroid dienone is 3. The molecule has 2 aromatic rings. The quantitative estimate of drug-likeness (QED) is 0.112. The summed E-state index contributed by atoms with van der Waals surface area (Å²) < 4.78 is 12.3. The number of aliphatic hydroxyl groups is 2. The molecule has 10 rings (SSSR count). The average Bonchev–Trinajstić information content (AvgIpc) is 3.92. The highest BCUT2D eigenvalue weighted by Crippen LogP contribution is 2.71. The van der Waals surface area contributed by atoms with Crippen molar-refractivity contribution in [2.45, 2.75) is 181 Å². The Kier molecular flexibility index (Phi) is 13.6. The van der Waals surface area contributed by atoms with Crippen molar-refractivity contribution in [2.24, 2.45) is 57.2 Å². The fourth-order valence-electron chi connectivity index (χ4n) is 17.0. The Hall–Kier alpha value is -2.32. The Bertz CT molecular complexity index is 1930. The predicted molar refractivity (Wildman–Crippen MR) is 260 cm³/mol. The van der Waals surface area contributed by atoms with Crippen LogP contribution in [0.25, 0.3) is 0 Å². The normalized spacial score (nSPS) is 38.7. The number of hydrogen-bond acceptors (Lipinski definition) is 6. The van der Waals surface area contributed by atoms with E-state index in [0.29, 0.717) is 53.9 Å². The van der Waals surface area contributed by atoms with E-state index in [1.807, 2.05) is 27.7 Å². The van der Waals surface area contributed by atoms with E-state index in [1.54, 1.807) is 11.1 Å². The van der Waals surface area contributed by atoms with Gasteiger partial charge in [-0.05, 0) is 195 Å². The highest BCUT2D eigenvalue weighted by atomic mass is 16.5. The third kappa shape index (κ3) is 8.27. The minimum Gasteiger partial charge on any atom is -0.390 e. The molecule has 2 saturated heterocycles. The van der Waals surface area contributed by atoms with Gasteiger partial charge >= 0.3 is 0 Å². The zero-order chi connectivity index (χ0) is 44.8. The third-order valence-electron chi connectivity index (χ3n) is 20.1. The summed E-state index contributed by atoms with van der Waals surface area (Å²) in [6.45, 7) is 18.7. The zero-order valence-corrected chi connectivity index (χ0v) is 40.8. The minimum absolute atomic E-state index is 0.159. The molecule has 0 radical (unpaired) electrons. The Morgan fingerprint density at radius 3 is 1.83 bits per heavy atom. The molecule has 352 valence electrons. The van der Waals surface area contributed by atoms with Gasteiger partial charge in [-0.2, -0.15) is 0 Å². The summed E-state index contributed by atoms with van der Waals surface area (Å²) in [5.41, 5.74) is 5.80. The first-order valence-corrected chi connectivity index (χ1v) is 26.3. The van der Waals surface area contributed by atoms with Gasteiger partial charge in [0.2, 0.25) is 0 Å². The van der Waals surface area contributed by atoms with Crippen LogP contribution in [0.4, 0.5) is 0 Å². The number of ether oxygens (including phenoxy) is 2. The summed E-state index contributed by atoms with van der Waals surface area (Å²) >= 11 is 0. The van der Waals surface area contributed by atoms with Crippen molar-refractivity contribution in [1.29, 1.82) is 0 Å². The van der Waals surface area contributed by atoms with Gasteiger partial charge < -0.3 is 30.3 Å². The van der Waals surface area contributed by atoms with Gasteiger partial charge in [-0.3, -0.25) is 0 Å². The van der Waals surface area contributed by atoms with Gasteiger partial charge in [-0.25, -0.2) is 0 Å². The van der Waals surface area contributed by atoms with E-state index in [4.69, 9.17) is 9.47 Å². The molecule has 6 aliphatic carbocycles. The first-order chi connectivity index (χ1) is 30.7. The van der Waals surface area contributed by atoms with Crippen LogP contribution in [0, 0.1) is 57.2 Å². The monoisotopic (exact) mass is 875 g/mol. The fraction of sp³-hybridized carbons (Fsp3) is 0.724. The van der Waals surface area contributed by atoms with Crippen LogP contribution >= 0.6 is 0 Å². The van der Waals surface area contributed by atoms with Crippen LogP contribution < -0.4 is 10.6 Å². The lowest BCUT2D eigenvalue weighted by molar-refractivity contribution is -0.183. The van der Waals surface area contributed by atoms with Crippen LogP contribution in [-0.2, 0) is 22.7 Å². The first kappa shape index (κ1) is 46.8. The second kappa shape index (κ2) is 18.6. The number of nitrogens with one attached hydrogen (secondary N) is 2. The fourth-order valence-corrected chi connectivity index (χ4v) is 17.0. The number of benzene rings is 2. The van der Waals surface area contributed by atoms with Gasteiger partial charge in [0.1, 0.15) is 0 Å². The summed E-state index contributed by atoms with van der Waals surface area (Å²) in [6, 6.07) is 21.8. The Labute approximate surface area is 388 Å². The van der Waals surface area contributed by atoms with Gasteiger partial charge in [0.15, 0.2) is 0 Å². The molecule has 64 heavy (non-hydrogen) atoms. The minimum atomic E-state index is -0.649. The van der Waals surface area contributed by atoms with Gasteiger partial charge in [0.25, 0.3) is 0 Å². The Morgan fingerprint density at radius 1 is 0.625 bits per heavy atom. The maximum atomic E-state index is 11.2. The van der Waals surface area contributed by atoms with Crippen molar-refractivity contribution in [1.82, 2.24) is 10.6 Å². The smallest absolute Gasteiger partial charge is 0.0716 e. The van der Waals surface area contributed by atoms with Crippen LogP contribution in [-0.4, -0.2) is 59.8 Å². The molecule has 2 aliphatic heterocycles. The molecule has 8 bridgehead atoms. The number of hydrogen-bond donors (Lipinski definition) is 4. The van der Waals surface area contributed by atoms with E-state index in [0.717, 1.165) is 69.7 Å². The van der Waals surface area contributed by atoms with Crippen LogP contribution in [0.2, 0.25) is 0 Å². The molecular formula is C58H86N2O4. The highest BCUT2D eigenvalue weighted by Gasteiger charge is 2.69. The van der Waals surface area contributed by atoms with Crippen molar-refractivity contribution in [2.75, 3.05) is 26.3 Å². The summed E-state index contributed by atoms with van der Waals surface area (Å²) in [6.07, 6.45) is 25.1. The molecule has 6 heteroatoms. The van der Waals surface area contributed by atoms with Crippen LogP contribution in [0.3, 0.4) is 0 Å². The maximum absolute atomic E-state index is 11.2. The lowest BCUT2D eigenvalue weighted by Crippen LogP contribution is -2.72. The summed E-state index contributed by atoms with van der Waals surface area (Å²) in [5.74, 6) is 3.56. The third-order valence-corrected chi connectivity index (χ3v) is 20.1. The SMILES string of the molecule is CC(C)(O)[C@H]1CC[C@@]2(C)[C@@H]3CCC4=CCC[C@H]4[C@@]2(CCCOCc2ccccc2)[C@@H]1NC3.CC(C)(O)[C@H]1CC[C@@]2(C)[C@@H]3CCC4CCC=C4[C@@]2(CCCOCc2ccccc2)[C@@H]1NC3. The molecule has 6 fully saturated rings. The number of fused-ring (bicyclic) bond motifs is 2. The summed E-state index contributed by atoms with van der Waals surface area (Å²) in [7, 11) is 0. The maximum Gasteiger partial charge on any atom is 0.0716 e. The zero-order valence-electron chi connectivity index (χ0n) is 40.8. The lowest BCUT2D eigenvalue weighted by atomic mass is 9.40. The summed E-state index contributed by atoms with van der Waals surface area (Å²) in [4.78, 5) is 0. The Balaban J connectivity index is 0.000000162. The van der Waals surface area contributed by atoms with E-state index < -0.39 is 11.2 Å². The van der Waals surface area contributed by atoms with Crippen molar-refractivity contribution in [3.8, 4) is 0 Å². The van der Waals surface area contributed by atoms with Crippen molar-refractivity contribution < 1.29 is 19.7 Å². The highest BCUT2D eigenvalue weighted by molar-refractivity contribution is 5.35. The van der Waals surface area contributed by atoms with E-state index in [9.17, 15) is 10.2 Å². The van der Waals surface area contributed by atoms with E-state index >= 15 is 0 Å². The summed E-state index contributed by atoms with van der Waals surface area (Å²) in [5, 5.41) is 30.5. The van der Waals surface area contributed by atoms with E-state index in [2.05, 4.69) is 97.3 Å². The largest absolute Gasteiger partial charge is 0.390 e. The van der Waals surface area contributed by atoms with Gasteiger partial charge in [0.05, 0.1) is 24.4 Å². The first-order valence-electron chi connectivity index (χ1n) is 26.3. The number of piperidine rings is 2. The molecule has 1 unspecified atom stereocenters. The molecule has 0 aromatic heterocycles. The second-order valence-corrected chi connectivity index (χ2v) is 23.9. The molecular weight excluding hydrogens is 789 g/mol. The standard InChI is InChI=1S/2C29H43NO2/c2*1-27(2,31)25-15-17-28(3)23-14-13-22-11-7-12-24(22)29(28,26(25)30-19-23)16-8-18-32-20-21-9-5-4-6-10-21/h4-6,9-10,12,22-23,25-26,30-31H,7-8,11,13-20H2,1-3H3;4-6,9-11,23-26,30-31H,7-8,12-20H2,1-3H3/t22?,23-,25+,26-,28+,29+;23-,24-,25+,26-,28+,29+/m11/s1. The molecule has 2 aromatic carbocycles. The molecule has 6 nitrogen and oxygen atoms in total. The van der Waals surface area contributed by atoms with Crippen molar-refractivity contribution in [3.63, 3.8) is 0 Å². The lowest BCUT2D eigenvalue weighted by Gasteiger charge is -2.68. The van der Waals surface area contributed by atoms with Crippen LogP contribution in [0.1, 0.15) is 155 Å². The topological polar surface area (TPSA) is 83.0 Å².